The molecule has 1 aliphatic rings. The highest BCUT2D eigenvalue weighted by Crippen LogP contribution is 2.13. The van der Waals surface area contributed by atoms with Crippen LogP contribution in [-0.2, 0) is 0 Å². The molecule has 0 aromatic heterocycles. The summed E-state index contributed by atoms with van der Waals surface area (Å²) in [5.74, 6) is 0.0746. The van der Waals surface area contributed by atoms with Crippen molar-refractivity contribution in [2.45, 2.75) is 20.8 Å². The third kappa shape index (κ3) is 1.13. The van der Waals surface area contributed by atoms with Gasteiger partial charge >= 0.3 is 0 Å². The van der Waals surface area contributed by atoms with E-state index < -0.39 is 0 Å². The van der Waals surface area contributed by atoms with Gasteiger partial charge in [-0.2, -0.15) is 0 Å². The lowest BCUT2D eigenvalue weighted by molar-refractivity contribution is 1.33. The van der Waals surface area contributed by atoms with Crippen molar-refractivity contribution >= 4 is 17.3 Å². The zero-order valence-corrected chi connectivity index (χ0v) is 6.95. The largest absolute Gasteiger partial charge is 0.297 e. The first-order valence-electron chi connectivity index (χ1n) is 3.45. The highest BCUT2D eigenvalue weighted by atomic mass is 14.9. The van der Waals surface area contributed by atoms with Crippen molar-refractivity contribution < 1.29 is 0 Å². The molecule has 0 amide bonds. The fraction of sp³-hybridized carbons (Fsp3) is 0.375. The van der Waals surface area contributed by atoms with Crippen molar-refractivity contribution in [3.8, 4) is 0 Å². The van der Waals surface area contributed by atoms with Gasteiger partial charge in [-0.25, -0.2) is 4.99 Å². The Morgan fingerprint density at radius 3 is 2.09 bits per heavy atom. The Morgan fingerprint density at radius 1 is 1.00 bits per heavy atom. The van der Waals surface area contributed by atoms with Crippen LogP contribution in [0.25, 0.3) is 0 Å². The van der Waals surface area contributed by atoms with Crippen molar-refractivity contribution in [3.05, 3.63) is 11.1 Å². The van der Waals surface area contributed by atoms with Gasteiger partial charge in [0.05, 0.1) is 0 Å². The van der Waals surface area contributed by atoms with E-state index in [9.17, 15) is 0 Å². The van der Waals surface area contributed by atoms with E-state index in [-0.39, 0.29) is 11.5 Å². The molecule has 2 N–H and O–H groups in total. The first-order chi connectivity index (χ1) is 5.04. The molecule has 0 aromatic rings. The molecule has 3 heteroatoms. The molecule has 11 heavy (non-hydrogen) atoms. The number of allylic oxidation sites excluding steroid dienone is 1. The average molecular weight is 149 g/mol. The third-order valence-electron chi connectivity index (χ3n) is 2.00. The lowest BCUT2D eigenvalue weighted by Crippen LogP contribution is -2.20. The van der Waals surface area contributed by atoms with Gasteiger partial charge in [0.25, 0.3) is 0 Å². The van der Waals surface area contributed by atoms with Crippen LogP contribution >= 0.6 is 0 Å². The topological polar surface area (TPSA) is 60.1 Å². The summed E-state index contributed by atoms with van der Waals surface area (Å²) in [5.41, 5.74) is 2.98. The zero-order valence-electron chi connectivity index (χ0n) is 6.95. The van der Waals surface area contributed by atoms with E-state index in [2.05, 4.69) is 4.99 Å². The number of hydrogen-bond donors (Lipinski definition) is 2. The molecular weight excluding hydrogens is 138 g/mol. The predicted octanol–water partition coefficient (Wildman–Crippen LogP) is 1.79. The van der Waals surface area contributed by atoms with E-state index in [1.165, 1.54) is 0 Å². The number of amidine groups is 1. The van der Waals surface area contributed by atoms with Crippen LogP contribution in [0.4, 0.5) is 0 Å². The highest BCUT2D eigenvalue weighted by molar-refractivity contribution is 6.49. The summed E-state index contributed by atoms with van der Waals surface area (Å²) in [6.45, 7) is 5.64. The highest BCUT2D eigenvalue weighted by Gasteiger charge is 2.15. The van der Waals surface area contributed by atoms with Crippen LogP contribution in [0, 0.1) is 10.8 Å². The second-order valence-corrected chi connectivity index (χ2v) is 2.67. The Hall–Kier alpha value is -1.25. The van der Waals surface area contributed by atoms with Crippen molar-refractivity contribution in [3.63, 3.8) is 0 Å². The van der Waals surface area contributed by atoms with Gasteiger partial charge < -0.3 is 0 Å². The lowest BCUT2D eigenvalue weighted by atomic mass is 9.99. The minimum Gasteiger partial charge on any atom is -0.297 e. The van der Waals surface area contributed by atoms with Gasteiger partial charge in [-0.1, -0.05) is 0 Å². The molecule has 0 atom stereocenters. The quantitative estimate of drug-likeness (QED) is 0.527. The molecule has 0 bridgehead atoms. The summed E-state index contributed by atoms with van der Waals surface area (Å²) in [4.78, 5) is 3.91. The summed E-state index contributed by atoms with van der Waals surface area (Å²) < 4.78 is 0. The second kappa shape index (κ2) is 2.42. The van der Waals surface area contributed by atoms with Crippen molar-refractivity contribution in [2.24, 2.45) is 4.99 Å². The molecule has 0 aliphatic carbocycles. The minimum absolute atomic E-state index is 0.0746. The van der Waals surface area contributed by atoms with Crippen molar-refractivity contribution in [1.29, 1.82) is 10.8 Å². The van der Waals surface area contributed by atoms with Crippen molar-refractivity contribution in [2.75, 3.05) is 0 Å². The molecule has 0 spiro atoms. The van der Waals surface area contributed by atoms with E-state index in [1.54, 1.807) is 0 Å². The molecule has 0 radical (unpaired) electrons. The number of hydrogen-bond acceptors (Lipinski definition) is 2. The van der Waals surface area contributed by atoms with Gasteiger partial charge in [-0.05, 0) is 31.9 Å². The van der Waals surface area contributed by atoms with E-state index in [1.807, 2.05) is 20.8 Å². The molecule has 0 aromatic carbocycles. The first kappa shape index (κ1) is 7.85. The molecule has 1 aliphatic heterocycles. The van der Waals surface area contributed by atoms with Crippen LogP contribution in [0.5, 0.6) is 0 Å². The number of nitrogens with zero attached hydrogens (tertiary/aromatic N) is 1. The summed E-state index contributed by atoms with van der Waals surface area (Å²) in [6.07, 6.45) is 0. The fourth-order valence-electron chi connectivity index (χ4n) is 0.944. The predicted molar refractivity (Wildman–Crippen MR) is 46.9 cm³/mol. The monoisotopic (exact) mass is 149 g/mol. The third-order valence-corrected chi connectivity index (χ3v) is 2.00. The maximum absolute atomic E-state index is 7.43. The molecule has 1 heterocycles. The first-order valence-corrected chi connectivity index (χ1v) is 3.45. The van der Waals surface area contributed by atoms with E-state index in [0.29, 0.717) is 0 Å². The molecular formula is C8H11N3. The standard InChI is InChI=1S/C8H11N3/c1-4-5(2)7(9)8(10)11-6(4)3/h9-10H,1-3H3. The van der Waals surface area contributed by atoms with E-state index >= 15 is 0 Å². The van der Waals surface area contributed by atoms with Crippen LogP contribution in [0.1, 0.15) is 20.8 Å². The van der Waals surface area contributed by atoms with Crippen molar-refractivity contribution in [1.82, 2.24) is 0 Å². The molecule has 0 unspecified atom stereocenters. The van der Waals surface area contributed by atoms with Gasteiger partial charge in [0.2, 0.25) is 0 Å². The van der Waals surface area contributed by atoms with Gasteiger partial charge in [0.1, 0.15) is 5.71 Å². The maximum atomic E-state index is 7.43. The second-order valence-electron chi connectivity index (χ2n) is 2.67. The average Bonchev–Trinajstić information content (AvgIpc) is 1.97. The molecule has 58 valence electrons. The Bertz CT molecular complexity index is 294. The smallest absolute Gasteiger partial charge is 0.170 e. The zero-order chi connectivity index (χ0) is 8.59. The maximum Gasteiger partial charge on any atom is 0.170 e. The van der Waals surface area contributed by atoms with E-state index in [4.69, 9.17) is 10.8 Å². The van der Waals surface area contributed by atoms with Crippen LogP contribution in [0.2, 0.25) is 0 Å². The number of aliphatic imine (C=N–C) groups is 1. The Kier molecular flexibility index (Phi) is 1.72. The van der Waals surface area contributed by atoms with Gasteiger partial charge in [-0.15, -0.1) is 0 Å². The SMILES string of the molecule is CC1=NC(=N)C(=N)C(C)=C1C. The molecule has 1 rings (SSSR count). The van der Waals surface area contributed by atoms with Crippen LogP contribution in [0.3, 0.4) is 0 Å². The fourth-order valence-corrected chi connectivity index (χ4v) is 0.944. The summed E-state index contributed by atoms with van der Waals surface area (Å²) in [7, 11) is 0. The molecule has 3 nitrogen and oxygen atoms in total. The molecule has 0 fully saturated rings. The molecule has 0 saturated carbocycles. The normalized spacial score (nSPS) is 19.0. The lowest BCUT2D eigenvalue weighted by Gasteiger charge is -2.13. The Labute approximate surface area is 65.9 Å². The van der Waals surface area contributed by atoms with Crippen LogP contribution in [-0.4, -0.2) is 17.3 Å². The summed E-state index contributed by atoms with van der Waals surface area (Å²) in [5, 5.41) is 14.7. The van der Waals surface area contributed by atoms with Gasteiger partial charge in [0.15, 0.2) is 5.84 Å². The van der Waals surface area contributed by atoms with Gasteiger partial charge in [-0.3, -0.25) is 10.8 Å². The van der Waals surface area contributed by atoms with E-state index in [0.717, 1.165) is 16.9 Å². The molecule has 0 saturated heterocycles. The number of dihydropyridines is 1. The summed E-state index contributed by atoms with van der Waals surface area (Å²) in [6, 6.07) is 0. The minimum atomic E-state index is 0.0746. The van der Waals surface area contributed by atoms with Crippen LogP contribution in [0.15, 0.2) is 16.1 Å². The number of rotatable bonds is 0. The number of nitrogens with one attached hydrogen (secondary N) is 2. The van der Waals surface area contributed by atoms with Gasteiger partial charge in [0, 0.05) is 5.71 Å². The van der Waals surface area contributed by atoms with Crippen LogP contribution < -0.4 is 0 Å². The summed E-state index contributed by atoms with van der Waals surface area (Å²) >= 11 is 0. The Balaban J connectivity index is 3.22. The Morgan fingerprint density at radius 2 is 1.55 bits per heavy atom.